The van der Waals surface area contributed by atoms with Crippen molar-refractivity contribution < 1.29 is 14.3 Å². The van der Waals surface area contributed by atoms with Gasteiger partial charge in [0.2, 0.25) is 0 Å². The standard InChI is InChI=1S/C24H16Cl2N2O3/c1-15-2-6-17(7-3-15)24(30)31-22-8-4-16(5-9-22)10-18(14-27)23(29)28-21-12-19(25)11-20(26)13-21/h2-13H,1H3,(H,28,29). The molecule has 0 aliphatic heterocycles. The Morgan fingerprint density at radius 2 is 1.58 bits per heavy atom. The van der Waals surface area contributed by atoms with E-state index in [1.807, 2.05) is 25.1 Å². The number of hydrogen-bond acceptors (Lipinski definition) is 4. The molecule has 0 unspecified atom stereocenters. The van der Waals surface area contributed by atoms with Gasteiger partial charge < -0.3 is 10.1 Å². The number of aryl methyl sites for hydroxylation is 1. The highest BCUT2D eigenvalue weighted by Gasteiger charge is 2.11. The number of nitrogens with one attached hydrogen (secondary N) is 1. The van der Waals surface area contributed by atoms with Gasteiger partial charge in [0, 0.05) is 15.7 Å². The predicted molar refractivity (Wildman–Crippen MR) is 121 cm³/mol. The van der Waals surface area contributed by atoms with Gasteiger partial charge in [0.1, 0.15) is 17.4 Å². The molecule has 31 heavy (non-hydrogen) atoms. The Bertz CT molecular complexity index is 1170. The molecule has 5 nitrogen and oxygen atoms in total. The van der Waals surface area contributed by atoms with Gasteiger partial charge in [-0.15, -0.1) is 0 Å². The molecule has 1 amide bonds. The molecule has 7 heteroatoms. The molecule has 3 aromatic carbocycles. The first-order valence-corrected chi connectivity index (χ1v) is 9.88. The minimum Gasteiger partial charge on any atom is -0.423 e. The fraction of sp³-hybridized carbons (Fsp3) is 0.0417. The van der Waals surface area contributed by atoms with E-state index >= 15 is 0 Å². The van der Waals surface area contributed by atoms with Crippen LogP contribution in [-0.4, -0.2) is 11.9 Å². The summed E-state index contributed by atoms with van der Waals surface area (Å²) in [6.07, 6.45) is 1.42. The van der Waals surface area contributed by atoms with Crippen molar-refractivity contribution in [3.63, 3.8) is 0 Å². The SMILES string of the molecule is Cc1ccc(C(=O)Oc2ccc(C=C(C#N)C(=O)Nc3cc(Cl)cc(Cl)c3)cc2)cc1. The summed E-state index contributed by atoms with van der Waals surface area (Å²) in [4.78, 5) is 24.6. The summed E-state index contributed by atoms with van der Waals surface area (Å²) in [5, 5.41) is 12.7. The zero-order valence-electron chi connectivity index (χ0n) is 16.4. The first-order valence-electron chi connectivity index (χ1n) is 9.12. The van der Waals surface area contributed by atoms with Crippen molar-refractivity contribution in [3.05, 3.63) is 99.0 Å². The summed E-state index contributed by atoms with van der Waals surface area (Å²) in [5.74, 6) is -0.726. The molecule has 0 saturated heterocycles. The van der Waals surface area contributed by atoms with Gasteiger partial charge >= 0.3 is 5.97 Å². The topological polar surface area (TPSA) is 79.2 Å². The first-order chi connectivity index (χ1) is 14.8. The van der Waals surface area contributed by atoms with Crippen molar-refractivity contribution >= 4 is 46.8 Å². The van der Waals surface area contributed by atoms with E-state index in [0.29, 0.717) is 32.6 Å². The van der Waals surface area contributed by atoms with Crippen LogP contribution in [0.5, 0.6) is 5.75 Å². The third-order valence-electron chi connectivity index (χ3n) is 4.17. The average molecular weight is 451 g/mol. The Morgan fingerprint density at radius 3 is 2.16 bits per heavy atom. The lowest BCUT2D eigenvalue weighted by atomic mass is 10.1. The number of hydrogen-bond donors (Lipinski definition) is 1. The number of nitriles is 1. The second-order valence-corrected chi connectivity index (χ2v) is 7.48. The zero-order valence-corrected chi connectivity index (χ0v) is 17.9. The molecule has 0 atom stereocenters. The van der Waals surface area contributed by atoms with E-state index in [1.165, 1.54) is 24.3 Å². The number of rotatable bonds is 5. The molecule has 3 aromatic rings. The van der Waals surface area contributed by atoms with Crippen molar-refractivity contribution in [1.29, 1.82) is 5.26 Å². The number of benzene rings is 3. The maximum atomic E-state index is 12.4. The highest BCUT2D eigenvalue weighted by atomic mass is 35.5. The maximum Gasteiger partial charge on any atom is 0.343 e. The molecule has 0 aromatic heterocycles. The van der Waals surface area contributed by atoms with Gasteiger partial charge in [0.05, 0.1) is 5.56 Å². The number of anilines is 1. The largest absolute Gasteiger partial charge is 0.423 e. The third kappa shape index (κ3) is 6.19. The van der Waals surface area contributed by atoms with Crippen LogP contribution in [0.1, 0.15) is 21.5 Å². The molecule has 0 aliphatic rings. The average Bonchev–Trinajstić information content (AvgIpc) is 2.72. The van der Waals surface area contributed by atoms with E-state index in [2.05, 4.69) is 5.32 Å². The fourth-order valence-electron chi connectivity index (χ4n) is 2.63. The van der Waals surface area contributed by atoms with Crippen molar-refractivity contribution in [3.8, 4) is 11.8 Å². The van der Waals surface area contributed by atoms with Gasteiger partial charge in [-0.05, 0) is 61.0 Å². The van der Waals surface area contributed by atoms with E-state index in [4.69, 9.17) is 27.9 Å². The first kappa shape index (κ1) is 22.1. The van der Waals surface area contributed by atoms with Gasteiger partial charge in [-0.3, -0.25) is 4.79 Å². The highest BCUT2D eigenvalue weighted by molar-refractivity contribution is 6.35. The van der Waals surface area contributed by atoms with Crippen molar-refractivity contribution in [2.75, 3.05) is 5.32 Å². The van der Waals surface area contributed by atoms with Gasteiger partial charge in [0.25, 0.3) is 5.91 Å². The molecule has 1 N–H and O–H groups in total. The van der Waals surface area contributed by atoms with Crippen LogP contribution in [0.4, 0.5) is 5.69 Å². The van der Waals surface area contributed by atoms with Crippen molar-refractivity contribution in [1.82, 2.24) is 0 Å². The number of carbonyl (C=O) groups is 2. The summed E-state index contributed by atoms with van der Waals surface area (Å²) in [5.41, 5.74) is 2.34. The minimum atomic E-state index is -0.601. The number of esters is 1. The normalized spacial score (nSPS) is 10.8. The van der Waals surface area contributed by atoms with Gasteiger partial charge in [0.15, 0.2) is 0 Å². The van der Waals surface area contributed by atoms with Crippen LogP contribution in [-0.2, 0) is 4.79 Å². The molecular weight excluding hydrogens is 435 g/mol. The number of halogens is 2. The summed E-state index contributed by atoms with van der Waals surface area (Å²) in [6, 6.07) is 19.9. The highest BCUT2D eigenvalue weighted by Crippen LogP contribution is 2.23. The zero-order chi connectivity index (χ0) is 22.4. The van der Waals surface area contributed by atoms with E-state index in [0.717, 1.165) is 5.56 Å². The van der Waals surface area contributed by atoms with Crippen LogP contribution in [0.15, 0.2) is 72.3 Å². The minimum absolute atomic E-state index is 0.111. The number of amides is 1. The van der Waals surface area contributed by atoms with Crippen LogP contribution in [0, 0.1) is 18.3 Å². The molecule has 3 rings (SSSR count). The van der Waals surface area contributed by atoms with Crippen LogP contribution >= 0.6 is 23.2 Å². The number of ether oxygens (including phenoxy) is 1. The second-order valence-electron chi connectivity index (χ2n) is 6.61. The van der Waals surface area contributed by atoms with Crippen molar-refractivity contribution in [2.45, 2.75) is 6.92 Å². The Morgan fingerprint density at radius 1 is 0.968 bits per heavy atom. The molecule has 0 radical (unpaired) electrons. The number of nitrogens with zero attached hydrogens (tertiary/aromatic N) is 1. The van der Waals surface area contributed by atoms with Crippen LogP contribution in [0.25, 0.3) is 6.08 Å². The lowest BCUT2D eigenvalue weighted by molar-refractivity contribution is -0.112. The molecule has 0 spiro atoms. The van der Waals surface area contributed by atoms with Crippen molar-refractivity contribution in [2.24, 2.45) is 0 Å². The molecule has 0 fully saturated rings. The summed E-state index contributed by atoms with van der Waals surface area (Å²) < 4.78 is 5.35. The van der Waals surface area contributed by atoms with Crippen LogP contribution in [0.3, 0.4) is 0 Å². The van der Waals surface area contributed by atoms with Crippen LogP contribution in [0.2, 0.25) is 10.0 Å². The van der Waals surface area contributed by atoms with Gasteiger partial charge in [-0.1, -0.05) is 53.0 Å². The molecule has 0 saturated carbocycles. The quantitative estimate of drug-likeness (QED) is 0.221. The van der Waals surface area contributed by atoms with Gasteiger partial charge in [-0.2, -0.15) is 5.26 Å². The second kappa shape index (κ2) is 9.94. The van der Waals surface area contributed by atoms with Crippen LogP contribution < -0.4 is 10.1 Å². The van der Waals surface area contributed by atoms with E-state index in [-0.39, 0.29) is 5.57 Å². The summed E-state index contributed by atoms with van der Waals surface area (Å²) in [6.45, 7) is 1.93. The summed E-state index contributed by atoms with van der Waals surface area (Å²) in [7, 11) is 0. The Labute approximate surface area is 189 Å². The predicted octanol–water partition coefficient (Wildman–Crippen LogP) is 6.07. The van der Waals surface area contributed by atoms with E-state index in [9.17, 15) is 14.9 Å². The molecular formula is C24H16Cl2N2O3. The van der Waals surface area contributed by atoms with E-state index in [1.54, 1.807) is 36.4 Å². The fourth-order valence-corrected chi connectivity index (χ4v) is 3.15. The lowest BCUT2D eigenvalue weighted by Crippen LogP contribution is -2.13. The maximum absolute atomic E-state index is 12.4. The number of carbonyl (C=O) groups excluding carboxylic acids is 2. The third-order valence-corrected chi connectivity index (χ3v) is 4.61. The Kier molecular flexibility index (Phi) is 7.09. The Hall–Kier alpha value is -3.59. The Balaban J connectivity index is 1.70. The molecule has 0 bridgehead atoms. The molecule has 0 aliphatic carbocycles. The molecule has 0 heterocycles. The van der Waals surface area contributed by atoms with Gasteiger partial charge in [-0.25, -0.2) is 4.79 Å². The summed E-state index contributed by atoms with van der Waals surface area (Å²) >= 11 is 11.8. The van der Waals surface area contributed by atoms with E-state index < -0.39 is 11.9 Å². The lowest BCUT2D eigenvalue weighted by Gasteiger charge is -2.06. The molecule has 154 valence electrons. The smallest absolute Gasteiger partial charge is 0.343 e. The monoisotopic (exact) mass is 450 g/mol.